The van der Waals surface area contributed by atoms with Crippen molar-refractivity contribution in [1.29, 1.82) is 0 Å². The highest BCUT2D eigenvalue weighted by Crippen LogP contribution is 2.23. The maximum atomic E-state index is 12.4. The highest BCUT2D eigenvalue weighted by Gasteiger charge is 2.19. The van der Waals surface area contributed by atoms with Crippen LogP contribution >= 0.6 is 11.8 Å². The SMILES string of the molecule is CCCCn1c(=O)[nH]c(=O)c2c1nc(CSc1nnc(-n3nc(C)cc3C)n1N)n2C. The van der Waals surface area contributed by atoms with Crippen molar-refractivity contribution in [2.75, 3.05) is 5.84 Å². The Morgan fingerprint density at radius 2 is 2.00 bits per heavy atom. The second kappa shape index (κ2) is 8.06. The normalized spacial score (nSPS) is 11.6. The Labute approximate surface area is 181 Å². The number of nitrogen functional groups attached to an aromatic ring is 1. The summed E-state index contributed by atoms with van der Waals surface area (Å²) in [6, 6.07) is 1.93. The molecule has 4 heterocycles. The summed E-state index contributed by atoms with van der Waals surface area (Å²) in [6.45, 7) is 6.34. The van der Waals surface area contributed by atoms with Gasteiger partial charge in [0, 0.05) is 19.3 Å². The first-order valence-corrected chi connectivity index (χ1v) is 10.9. The number of nitrogens with two attached hydrogens (primary N) is 1. The second-order valence-electron chi connectivity index (χ2n) is 7.30. The van der Waals surface area contributed by atoms with Gasteiger partial charge < -0.3 is 10.4 Å². The zero-order valence-electron chi connectivity index (χ0n) is 17.8. The van der Waals surface area contributed by atoms with Gasteiger partial charge in [-0.3, -0.25) is 14.3 Å². The Morgan fingerprint density at radius 3 is 2.68 bits per heavy atom. The van der Waals surface area contributed by atoms with Crippen molar-refractivity contribution in [3.05, 3.63) is 44.1 Å². The van der Waals surface area contributed by atoms with Crippen molar-refractivity contribution in [3.8, 4) is 5.95 Å². The van der Waals surface area contributed by atoms with Crippen molar-refractivity contribution >= 4 is 22.9 Å². The summed E-state index contributed by atoms with van der Waals surface area (Å²) in [6.07, 6.45) is 1.74. The molecule has 4 rings (SSSR count). The van der Waals surface area contributed by atoms with Crippen LogP contribution in [-0.2, 0) is 19.3 Å². The molecule has 4 aromatic rings. The average molecular weight is 445 g/mol. The molecule has 0 unspecified atom stereocenters. The Hall–Kier alpha value is -3.35. The molecule has 0 aliphatic carbocycles. The minimum absolute atomic E-state index is 0.365. The van der Waals surface area contributed by atoms with Crippen molar-refractivity contribution in [2.24, 2.45) is 7.05 Å². The number of fused-ring (bicyclic) bond motifs is 1. The lowest BCUT2D eigenvalue weighted by atomic mass is 10.3. The van der Waals surface area contributed by atoms with Crippen molar-refractivity contribution in [2.45, 2.75) is 51.1 Å². The Kier molecular flexibility index (Phi) is 5.43. The van der Waals surface area contributed by atoms with Gasteiger partial charge >= 0.3 is 5.69 Å². The topological polar surface area (TPSA) is 147 Å². The second-order valence-corrected chi connectivity index (χ2v) is 8.25. The summed E-state index contributed by atoms with van der Waals surface area (Å²) >= 11 is 1.33. The number of hydrogen-bond acceptors (Lipinski definition) is 8. The fourth-order valence-electron chi connectivity index (χ4n) is 3.42. The number of nitrogens with one attached hydrogen (secondary N) is 1. The first-order chi connectivity index (χ1) is 14.8. The molecule has 0 saturated heterocycles. The molecule has 0 aliphatic heterocycles. The smallest absolute Gasteiger partial charge is 0.330 e. The molecule has 0 atom stereocenters. The summed E-state index contributed by atoms with van der Waals surface area (Å²) < 4.78 is 6.22. The third kappa shape index (κ3) is 3.65. The zero-order valence-corrected chi connectivity index (χ0v) is 18.6. The average Bonchev–Trinajstić information content (AvgIpc) is 3.35. The summed E-state index contributed by atoms with van der Waals surface area (Å²) in [7, 11) is 1.75. The van der Waals surface area contributed by atoms with E-state index in [1.165, 1.54) is 21.0 Å². The fraction of sp³-hybridized carbons (Fsp3) is 0.444. The van der Waals surface area contributed by atoms with Crippen LogP contribution in [0.5, 0.6) is 0 Å². The van der Waals surface area contributed by atoms with Gasteiger partial charge in [-0.2, -0.15) is 5.10 Å². The Morgan fingerprint density at radius 1 is 1.23 bits per heavy atom. The Bertz CT molecular complexity index is 1370. The first kappa shape index (κ1) is 20.9. The number of H-pyrrole nitrogens is 1. The first-order valence-electron chi connectivity index (χ1n) is 9.87. The highest BCUT2D eigenvalue weighted by atomic mass is 32.2. The summed E-state index contributed by atoms with van der Waals surface area (Å²) in [5.74, 6) is 7.61. The van der Waals surface area contributed by atoms with Crippen LogP contribution in [0.1, 0.15) is 37.0 Å². The van der Waals surface area contributed by atoms with E-state index >= 15 is 0 Å². The van der Waals surface area contributed by atoms with E-state index in [1.807, 2.05) is 26.8 Å². The third-order valence-corrected chi connectivity index (χ3v) is 5.96. The fourth-order valence-corrected chi connectivity index (χ4v) is 4.25. The molecule has 0 radical (unpaired) electrons. The van der Waals surface area contributed by atoms with Crippen LogP contribution < -0.4 is 17.1 Å². The third-order valence-electron chi connectivity index (χ3n) is 5.02. The molecule has 3 N–H and O–H groups in total. The van der Waals surface area contributed by atoms with Crippen LogP contribution in [0.15, 0.2) is 20.8 Å². The number of aryl methyl sites for hydroxylation is 4. The van der Waals surface area contributed by atoms with E-state index in [4.69, 9.17) is 5.84 Å². The minimum Gasteiger partial charge on any atom is -0.334 e. The number of hydrogen-bond donors (Lipinski definition) is 2. The molecule has 31 heavy (non-hydrogen) atoms. The van der Waals surface area contributed by atoms with Crippen LogP contribution in [0.25, 0.3) is 17.1 Å². The highest BCUT2D eigenvalue weighted by molar-refractivity contribution is 7.98. The lowest BCUT2D eigenvalue weighted by Gasteiger charge is -2.05. The van der Waals surface area contributed by atoms with Crippen molar-refractivity contribution in [3.63, 3.8) is 0 Å². The van der Waals surface area contributed by atoms with Crippen LogP contribution in [0.4, 0.5) is 0 Å². The molecule has 0 aromatic carbocycles. The maximum absolute atomic E-state index is 12.4. The lowest BCUT2D eigenvalue weighted by molar-refractivity contribution is 0.613. The van der Waals surface area contributed by atoms with E-state index < -0.39 is 11.2 Å². The molecular formula is C18H24N10O2S. The predicted molar refractivity (Wildman–Crippen MR) is 117 cm³/mol. The van der Waals surface area contributed by atoms with E-state index in [9.17, 15) is 9.59 Å². The van der Waals surface area contributed by atoms with E-state index in [1.54, 1.807) is 16.3 Å². The molecule has 0 fully saturated rings. The van der Waals surface area contributed by atoms with Gasteiger partial charge in [0.15, 0.2) is 11.2 Å². The van der Waals surface area contributed by atoms with Crippen LogP contribution in [0, 0.1) is 13.8 Å². The predicted octanol–water partition coefficient (Wildman–Crippen LogP) is 0.624. The van der Waals surface area contributed by atoms with Gasteiger partial charge in [0.05, 0.1) is 11.4 Å². The summed E-state index contributed by atoms with van der Waals surface area (Å²) in [4.78, 5) is 31.6. The molecule has 0 aliphatic rings. The number of unbranched alkanes of at least 4 members (excludes halogenated alkanes) is 1. The van der Waals surface area contributed by atoms with E-state index in [0.717, 1.165) is 24.2 Å². The van der Waals surface area contributed by atoms with E-state index in [0.29, 0.717) is 40.4 Å². The van der Waals surface area contributed by atoms with Gasteiger partial charge in [-0.1, -0.05) is 25.1 Å². The standard InChI is InChI=1S/C18H24N10O2S/c1-5-6-7-26-14-13(15(29)21-17(26)30)25(4)12(20-14)9-31-18-23-22-16(27(18)19)28-11(3)8-10(2)24-28/h8H,5-7,9,19H2,1-4H3,(H,21,29,30). The zero-order chi connectivity index (χ0) is 22.3. The number of thioether (sulfide) groups is 1. The van der Waals surface area contributed by atoms with Crippen molar-refractivity contribution in [1.82, 2.24) is 43.8 Å². The number of imidazole rings is 1. The molecule has 12 nitrogen and oxygen atoms in total. The van der Waals surface area contributed by atoms with E-state index in [-0.39, 0.29) is 0 Å². The van der Waals surface area contributed by atoms with Gasteiger partial charge in [-0.05, 0) is 26.3 Å². The molecule has 0 saturated carbocycles. The quantitative estimate of drug-likeness (QED) is 0.311. The summed E-state index contributed by atoms with van der Waals surface area (Å²) in [5, 5.41) is 13.2. The summed E-state index contributed by atoms with van der Waals surface area (Å²) in [5.41, 5.74) is 1.61. The minimum atomic E-state index is -0.451. The molecule has 0 spiro atoms. The monoisotopic (exact) mass is 444 g/mol. The molecule has 4 aromatic heterocycles. The van der Waals surface area contributed by atoms with Crippen LogP contribution in [-0.4, -0.2) is 43.8 Å². The molecule has 0 amide bonds. The van der Waals surface area contributed by atoms with Gasteiger partial charge in [0.1, 0.15) is 5.82 Å². The molecular weight excluding hydrogens is 420 g/mol. The van der Waals surface area contributed by atoms with Crippen molar-refractivity contribution < 1.29 is 0 Å². The molecule has 164 valence electrons. The van der Waals surface area contributed by atoms with Crippen LogP contribution in [0.2, 0.25) is 0 Å². The van der Waals surface area contributed by atoms with Crippen LogP contribution in [0.3, 0.4) is 0 Å². The number of nitrogens with zero attached hydrogens (tertiary/aromatic N) is 8. The Balaban J connectivity index is 1.65. The molecule has 13 heteroatoms. The van der Waals surface area contributed by atoms with Gasteiger partial charge in [-0.25, -0.2) is 19.1 Å². The lowest BCUT2D eigenvalue weighted by Crippen LogP contribution is -2.31. The van der Waals surface area contributed by atoms with Gasteiger partial charge in [0.25, 0.3) is 11.5 Å². The van der Waals surface area contributed by atoms with Gasteiger partial charge in [0.2, 0.25) is 5.16 Å². The number of aromatic nitrogens is 9. The largest absolute Gasteiger partial charge is 0.334 e. The van der Waals surface area contributed by atoms with E-state index in [2.05, 4.69) is 25.3 Å². The molecule has 0 bridgehead atoms. The maximum Gasteiger partial charge on any atom is 0.330 e. The van der Waals surface area contributed by atoms with Gasteiger partial charge in [-0.15, -0.1) is 10.2 Å². The number of rotatable bonds is 7. The number of aromatic amines is 1.